The van der Waals surface area contributed by atoms with Crippen molar-refractivity contribution in [2.75, 3.05) is 5.75 Å². The number of aryl methyl sites for hydroxylation is 1. The van der Waals surface area contributed by atoms with Crippen LogP contribution in [0.2, 0.25) is 0 Å². The molecule has 1 amide bonds. The Morgan fingerprint density at radius 3 is 2.78 bits per heavy atom. The highest BCUT2D eigenvalue weighted by Gasteiger charge is 2.11. The van der Waals surface area contributed by atoms with Gasteiger partial charge < -0.3 is 5.73 Å². The Bertz CT molecular complexity index is 952. The lowest BCUT2D eigenvalue weighted by Crippen LogP contribution is -2.23. The monoisotopic (exact) mass is 401 g/mol. The second kappa shape index (κ2) is 9.71. The van der Waals surface area contributed by atoms with Crippen LogP contribution in [0.4, 0.5) is 0 Å². The van der Waals surface area contributed by atoms with Gasteiger partial charge in [-0.15, -0.1) is 11.3 Å². The minimum Gasteiger partial charge on any atom is -0.370 e. The van der Waals surface area contributed by atoms with Crippen LogP contribution in [-0.4, -0.2) is 21.2 Å². The highest BCUT2D eigenvalue weighted by atomic mass is 32.2. The molecule has 3 rings (SSSR count). The average Bonchev–Trinajstić information content (AvgIpc) is 3.17. The second-order valence-corrected chi connectivity index (χ2v) is 8.42. The van der Waals surface area contributed by atoms with Crippen LogP contribution in [0.1, 0.15) is 30.6 Å². The van der Waals surface area contributed by atoms with Crippen LogP contribution in [0, 0.1) is 0 Å². The Kier molecular flexibility index (Phi) is 7.06. The maximum atomic E-state index is 13.0. The standard InChI is InChI=1S/C20H23N3O2S2/c21-18(24)10-2-1-5-12-23-19(25)16-8-3-4-9-17(16)22-20(23)27-14-11-15-7-6-13-26-15/h3-4,6-9,13H,1-2,5,10-12,14H2,(H2,21,24). The molecule has 0 saturated heterocycles. The van der Waals surface area contributed by atoms with Gasteiger partial charge in [-0.25, -0.2) is 4.98 Å². The number of amides is 1. The van der Waals surface area contributed by atoms with E-state index in [9.17, 15) is 9.59 Å². The van der Waals surface area contributed by atoms with Crippen LogP contribution in [0.5, 0.6) is 0 Å². The molecule has 0 atom stereocenters. The lowest BCUT2D eigenvalue weighted by molar-refractivity contribution is -0.118. The first-order chi connectivity index (χ1) is 13.1. The summed E-state index contributed by atoms with van der Waals surface area (Å²) < 4.78 is 1.78. The van der Waals surface area contributed by atoms with Crippen molar-refractivity contribution in [1.29, 1.82) is 0 Å². The van der Waals surface area contributed by atoms with Crippen molar-refractivity contribution in [3.63, 3.8) is 0 Å². The number of para-hydroxylation sites is 1. The normalized spacial score (nSPS) is 11.1. The maximum absolute atomic E-state index is 13.0. The molecule has 0 unspecified atom stereocenters. The molecule has 0 saturated carbocycles. The van der Waals surface area contributed by atoms with E-state index in [0.29, 0.717) is 18.4 Å². The zero-order valence-electron chi connectivity index (χ0n) is 15.1. The van der Waals surface area contributed by atoms with Crippen LogP contribution < -0.4 is 11.3 Å². The molecule has 1 aromatic carbocycles. The van der Waals surface area contributed by atoms with Crippen LogP contribution in [0.15, 0.2) is 51.7 Å². The molecule has 5 nitrogen and oxygen atoms in total. The number of hydrogen-bond acceptors (Lipinski definition) is 5. The van der Waals surface area contributed by atoms with Crippen molar-refractivity contribution in [3.05, 3.63) is 57.0 Å². The molecule has 27 heavy (non-hydrogen) atoms. The van der Waals surface area contributed by atoms with Gasteiger partial charge in [-0.3, -0.25) is 14.2 Å². The Morgan fingerprint density at radius 2 is 2.00 bits per heavy atom. The summed E-state index contributed by atoms with van der Waals surface area (Å²) in [6.45, 7) is 0.608. The fraction of sp³-hybridized carbons (Fsp3) is 0.350. The van der Waals surface area contributed by atoms with Crippen molar-refractivity contribution in [2.45, 2.75) is 43.8 Å². The number of fused-ring (bicyclic) bond motifs is 1. The van der Waals surface area contributed by atoms with E-state index in [1.54, 1.807) is 27.7 Å². The van der Waals surface area contributed by atoms with Gasteiger partial charge >= 0.3 is 0 Å². The SMILES string of the molecule is NC(=O)CCCCCn1c(SCCc2cccs2)nc2ccccc2c1=O. The number of carbonyl (C=O) groups is 1. The molecule has 2 heterocycles. The Labute approximate surface area is 166 Å². The van der Waals surface area contributed by atoms with Crippen molar-refractivity contribution >= 4 is 39.9 Å². The number of thiophene rings is 1. The first-order valence-corrected chi connectivity index (χ1v) is 10.9. The number of primary amides is 1. The molecule has 7 heteroatoms. The molecule has 0 bridgehead atoms. The van der Waals surface area contributed by atoms with Crippen LogP contribution in [0.3, 0.4) is 0 Å². The van der Waals surface area contributed by atoms with Gasteiger partial charge in [-0.1, -0.05) is 36.4 Å². The van der Waals surface area contributed by atoms with Crippen molar-refractivity contribution in [2.24, 2.45) is 5.73 Å². The van der Waals surface area contributed by atoms with Crippen LogP contribution >= 0.6 is 23.1 Å². The Morgan fingerprint density at radius 1 is 1.15 bits per heavy atom. The molecule has 142 valence electrons. The van der Waals surface area contributed by atoms with E-state index in [1.807, 2.05) is 24.3 Å². The summed E-state index contributed by atoms with van der Waals surface area (Å²) in [5, 5.41) is 3.50. The smallest absolute Gasteiger partial charge is 0.262 e. The van der Waals surface area contributed by atoms with Gasteiger partial charge in [-0.2, -0.15) is 0 Å². The largest absolute Gasteiger partial charge is 0.370 e. The number of hydrogen-bond donors (Lipinski definition) is 1. The van der Waals surface area contributed by atoms with Gasteiger partial charge in [-0.05, 0) is 42.8 Å². The average molecular weight is 402 g/mol. The van der Waals surface area contributed by atoms with Crippen molar-refractivity contribution in [1.82, 2.24) is 9.55 Å². The molecular formula is C20H23N3O2S2. The summed E-state index contributed by atoms with van der Waals surface area (Å²) in [5.74, 6) is 0.608. The van der Waals surface area contributed by atoms with Crippen molar-refractivity contribution < 1.29 is 4.79 Å². The number of nitrogens with zero attached hydrogens (tertiary/aromatic N) is 2. The quantitative estimate of drug-likeness (QED) is 0.318. The van der Waals surface area contributed by atoms with E-state index < -0.39 is 0 Å². The zero-order valence-corrected chi connectivity index (χ0v) is 16.7. The van der Waals surface area contributed by atoms with E-state index in [1.165, 1.54) is 4.88 Å². The molecule has 0 radical (unpaired) electrons. The molecule has 2 aromatic heterocycles. The highest BCUT2D eigenvalue weighted by molar-refractivity contribution is 7.99. The molecule has 0 fully saturated rings. The van der Waals surface area contributed by atoms with E-state index in [4.69, 9.17) is 10.7 Å². The third kappa shape index (κ3) is 5.43. The highest BCUT2D eigenvalue weighted by Crippen LogP contribution is 2.21. The molecule has 0 aliphatic heterocycles. The minimum absolute atomic E-state index is 0.00845. The summed E-state index contributed by atoms with van der Waals surface area (Å²) >= 11 is 3.38. The van der Waals surface area contributed by atoms with Gasteiger partial charge in [0.05, 0.1) is 10.9 Å². The first-order valence-electron chi connectivity index (χ1n) is 9.08. The van der Waals surface area contributed by atoms with Crippen LogP contribution in [0.25, 0.3) is 10.9 Å². The minimum atomic E-state index is -0.274. The number of rotatable bonds is 10. The van der Waals surface area contributed by atoms with Gasteiger partial charge in [0.25, 0.3) is 5.56 Å². The van der Waals surface area contributed by atoms with E-state index in [0.717, 1.165) is 42.1 Å². The summed E-state index contributed by atoms with van der Waals surface area (Å²) in [6, 6.07) is 11.7. The zero-order chi connectivity index (χ0) is 19.1. The number of aromatic nitrogens is 2. The summed E-state index contributed by atoms with van der Waals surface area (Å²) in [7, 11) is 0. The molecule has 3 aromatic rings. The lowest BCUT2D eigenvalue weighted by atomic mass is 10.2. The topological polar surface area (TPSA) is 78.0 Å². The fourth-order valence-electron chi connectivity index (χ4n) is 2.90. The van der Waals surface area contributed by atoms with Gasteiger partial charge in [0, 0.05) is 23.6 Å². The number of nitrogens with two attached hydrogens (primary N) is 1. The summed E-state index contributed by atoms with van der Waals surface area (Å²) in [5.41, 5.74) is 5.93. The number of unbranched alkanes of at least 4 members (excludes halogenated alkanes) is 2. The lowest BCUT2D eigenvalue weighted by Gasteiger charge is -2.13. The van der Waals surface area contributed by atoms with E-state index >= 15 is 0 Å². The second-order valence-electron chi connectivity index (χ2n) is 6.32. The van der Waals surface area contributed by atoms with E-state index in [-0.39, 0.29) is 11.5 Å². The molecule has 0 aliphatic carbocycles. The maximum Gasteiger partial charge on any atom is 0.262 e. The van der Waals surface area contributed by atoms with E-state index in [2.05, 4.69) is 17.5 Å². The predicted molar refractivity (Wildman–Crippen MR) is 112 cm³/mol. The third-order valence-electron chi connectivity index (χ3n) is 4.29. The molecule has 0 spiro atoms. The fourth-order valence-corrected chi connectivity index (χ4v) is 4.73. The number of benzene rings is 1. The Balaban J connectivity index is 1.74. The molecule has 2 N–H and O–H groups in total. The first kappa shape index (κ1) is 19.6. The molecule has 0 aliphatic rings. The molecular weight excluding hydrogens is 378 g/mol. The number of carbonyl (C=O) groups excluding carboxylic acids is 1. The predicted octanol–water partition coefficient (Wildman–Crippen LogP) is 3.84. The summed E-state index contributed by atoms with van der Waals surface area (Å²) in [4.78, 5) is 29.9. The van der Waals surface area contributed by atoms with Gasteiger partial charge in [0.15, 0.2) is 5.16 Å². The summed E-state index contributed by atoms with van der Waals surface area (Å²) in [6.07, 6.45) is 3.80. The number of thioether (sulfide) groups is 1. The van der Waals surface area contributed by atoms with Gasteiger partial charge in [0.1, 0.15) is 0 Å². The third-order valence-corrected chi connectivity index (χ3v) is 6.21. The van der Waals surface area contributed by atoms with Gasteiger partial charge in [0.2, 0.25) is 5.91 Å². The van der Waals surface area contributed by atoms with Crippen molar-refractivity contribution in [3.8, 4) is 0 Å². The van der Waals surface area contributed by atoms with Crippen LogP contribution in [-0.2, 0) is 17.8 Å². The Hall–Kier alpha value is -2.12.